The van der Waals surface area contributed by atoms with Gasteiger partial charge in [0.05, 0.1) is 12.0 Å². The minimum absolute atomic E-state index is 0.150. The van der Waals surface area contributed by atoms with Crippen molar-refractivity contribution in [3.05, 3.63) is 30.1 Å². The predicted octanol–water partition coefficient (Wildman–Crippen LogP) is 2.18. The van der Waals surface area contributed by atoms with Crippen LogP contribution in [0.15, 0.2) is 24.5 Å². The van der Waals surface area contributed by atoms with Crippen molar-refractivity contribution in [2.45, 2.75) is 39.7 Å². The molecule has 2 fully saturated rings. The molecule has 3 rings (SSSR count). The van der Waals surface area contributed by atoms with Crippen LogP contribution in [-0.2, 0) is 9.59 Å². The van der Waals surface area contributed by atoms with Gasteiger partial charge in [-0.25, -0.2) is 0 Å². The molecule has 148 valence electrons. The maximum absolute atomic E-state index is 13.4. The molecule has 1 aromatic rings. The van der Waals surface area contributed by atoms with Crippen LogP contribution in [0, 0.1) is 11.8 Å². The van der Waals surface area contributed by atoms with Crippen molar-refractivity contribution in [1.29, 1.82) is 0 Å². The highest BCUT2D eigenvalue weighted by Crippen LogP contribution is 2.38. The molecule has 0 N–H and O–H groups in total. The number of hydrogen-bond acceptors (Lipinski definition) is 4. The normalized spacial score (nSPS) is 24.5. The number of piperidine rings is 1. The highest BCUT2D eigenvalue weighted by Gasteiger charge is 2.42. The molecule has 0 saturated carbocycles. The number of carbonyl (C=O) groups excluding carboxylic acids is 2. The molecule has 2 aliphatic rings. The van der Waals surface area contributed by atoms with Gasteiger partial charge in [0, 0.05) is 51.5 Å². The molecule has 2 saturated heterocycles. The second-order valence-electron chi connectivity index (χ2n) is 8.08. The molecule has 0 spiro atoms. The van der Waals surface area contributed by atoms with E-state index in [4.69, 9.17) is 0 Å². The topological polar surface area (TPSA) is 56.8 Å². The molecule has 0 aromatic carbocycles. The summed E-state index contributed by atoms with van der Waals surface area (Å²) in [4.78, 5) is 36.7. The zero-order valence-electron chi connectivity index (χ0n) is 16.8. The van der Waals surface area contributed by atoms with Crippen molar-refractivity contribution in [3.8, 4) is 0 Å². The van der Waals surface area contributed by atoms with E-state index in [9.17, 15) is 9.59 Å². The zero-order valence-corrected chi connectivity index (χ0v) is 16.8. The monoisotopic (exact) mass is 372 g/mol. The Bertz CT molecular complexity index is 641. The highest BCUT2D eigenvalue weighted by atomic mass is 16.2. The van der Waals surface area contributed by atoms with Gasteiger partial charge in [-0.05, 0) is 30.5 Å². The molecule has 0 bridgehead atoms. The first-order chi connectivity index (χ1) is 13.0. The molecule has 6 heteroatoms. The van der Waals surface area contributed by atoms with Crippen molar-refractivity contribution in [2.24, 2.45) is 11.8 Å². The molecule has 2 atom stereocenters. The number of rotatable bonds is 5. The number of pyridine rings is 1. The highest BCUT2D eigenvalue weighted by molar-refractivity contribution is 5.85. The Morgan fingerprint density at radius 1 is 1.26 bits per heavy atom. The number of hydrogen-bond donors (Lipinski definition) is 0. The van der Waals surface area contributed by atoms with E-state index in [-0.39, 0.29) is 23.8 Å². The molecule has 3 heterocycles. The first-order valence-corrected chi connectivity index (χ1v) is 10.2. The first kappa shape index (κ1) is 19.8. The number of likely N-dealkylation sites (tertiary alicyclic amines) is 1. The summed E-state index contributed by atoms with van der Waals surface area (Å²) in [5, 5.41) is 0. The average molecular weight is 373 g/mol. The number of piperazine rings is 1. The summed E-state index contributed by atoms with van der Waals surface area (Å²) in [6.07, 6.45) is 4.63. The fraction of sp³-hybridized carbons (Fsp3) is 0.667. The number of amides is 2. The Balaban J connectivity index is 1.85. The largest absolute Gasteiger partial charge is 0.340 e. The summed E-state index contributed by atoms with van der Waals surface area (Å²) < 4.78 is 0. The van der Waals surface area contributed by atoms with E-state index in [1.165, 1.54) is 0 Å². The number of carbonyl (C=O) groups is 2. The van der Waals surface area contributed by atoms with E-state index in [1.807, 2.05) is 28.1 Å². The number of likely N-dealkylation sites (N-methyl/N-ethyl adjacent to an activating group) is 1. The van der Waals surface area contributed by atoms with Crippen LogP contribution >= 0.6 is 0 Å². The molecule has 1 aromatic heterocycles. The third-order valence-electron chi connectivity index (χ3n) is 5.74. The number of nitrogens with zero attached hydrogens (tertiary/aromatic N) is 4. The lowest BCUT2D eigenvalue weighted by Gasteiger charge is -2.44. The summed E-state index contributed by atoms with van der Waals surface area (Å²) in [6.45, 7) is 11.5. The Morgan fingerprint density at radius 3 is 2.59 bits per heavy atom. The molecule has 27 heavy (non-hydrogen) atoms. The van der Waals surface area contributed by atoms with E-state index in [2.05, 4.69) is 30.7 Å². The lowest BCUT2D eigenvalue weighted by Crippen LogP contribution is -2.54. The summed E-state index contributed by atoms with van der Waals surface area (Å²) in [6, 6.07) is 3.68. The minimum atomic E-state index is -0.209. The second-order valence-corrected chi connectivity index (χ2v) is 8.08. The Labute approximate surface area is 162 Å². The predicted molar refractivity (Wildman–Crippen MR) is 105 cm³/mol. The molecule has 6 nitrogen and oxygen atoms in total. The lowest BCUT2D eigenvalue weighted by molar-refractivity contribution is -0.149. The smallest absolute Gasteiger partial charge is 0.228 e. The molecule has 0 radical (unpaired) electrons. The van der Waals surface area contributed by atoms with Crippen molar-refractivity contribution >= 4 is 11.8 Å². The molecule has 0 unspecified atom stereocenters. The molecule has 0 aliphatic carbocycles. The van der Waals surface area contributed by atoms with Gasteiger partial charge in [-0.15, -0.1) is 0 Å². The molecule has 2 amide bonds. The Kier molecular flexibility index (Phi) is 6.47. The third kappa shape index (κ3) is 4.49. The SMILES string of the molecule is CCN1CCN(C(=O)[C@@H]2CCC(=O)N(CC(C)C)[C@H]2c2cccnc2)CC1. The summed E-state index contributed by atoms with van der Waals surface area (Å²) in [5.74, 6) is 0.521. The maximum atomic E-state index is 13.4. The van der Waals surface area contributed by atoms with Gasteiger partial charge in [-0.1, -0.05) is 26.8 Å². The van der Waals surface area contributed by atoms with Crippen LogP contribution in [0.2, 0.25) is 0 Å². The average Bonchev–Trinajstić information content (AvgIpc) is 2.69. The fourth-order valence-corrected chi connectivity index (χ4v) is 4.30. The van der Waals surface area contributed by atoms with E-state index >= 15 is 0 Å². The van der Waals surface area contributed by atoms with Crippen molar-refractivity contribution in [1.82, 2.24) is 19.7 Å². The van der Waals surface area contributed by atoms with Gasteiger partial charge in [0.25, 0.3) is 0 Å². The van der Waals surface area contributed by atoms with Crippen LogP contribution < -0.4 is 0 Å². The van der Waals surface area contributed by atoms with Crippen LogP contribution in [0.3, 0.4) is 0 Å². The second kappa shape index (κ2) is 8.83. The van der Waals surface area contributed by atoms with E-state index in [0.717, 1.165) is 38.3 Å². The van der Waals surface area contributed by atoms with Crippen molar-refractivity contribution in [3.63, 3.8) is 0 Å². The Hall–Kier alpha value is -1.95. The zero-order chi connectivity index (χ0) is 19.4. The fourth-order valence-electron chi connectivity index (χ4n) is 4.30. The number of aromatic nitrogens is 1. The van der Waals surface area contributed by atoms with Crippen LogP contribution in [0.25, 0.3) is 0 Å². The standard InChI is InChI=1S/C21H32N4O2/c1-4-23-10-12-24(13-11-23)21(27)18-7-8-19(26)25(15-16(2)3)20(18)17-6-5-9-22-14-17/h5-6,9,14,16,18,20H,4,7-8,10-13,15H2,1-3H3/t18-,20+/m1/s1. The lowest BCUT2D eigenvalue weighted by atomic mass is 9.83. The van der Waals surface area contributed by atoms with Gasteiger partial charge in [0.2, 0.25) is 11.8 Å². The van der Waals surface area contributed by atoms with E-state index in [0.29, 0.717) is 25.3 Å². The van der Waals surface area contributed by atoms with Crippen LogP contribution in [0.1, 0.15) is 45.2 Å². The minimum Gasteiger partial charge on any atom is -0.340 e. The third-order valence-corrected chi connectivity index (χ3v) is 5.74. The molecular formula is C21H32N4O2. The van der Waals surface area contributed by atoms with Gasteiger partial charge >= 0.3 is 0 Å². The van der Waals surface area contributed by atoms with Crippen LogP contribution in [-0.4, -0.2) is 70.8 Å². The van der Waals surface area contributed by atoms with Gasteiger partial charge < -0.3 is 14.7 Å². The molecule has 2 aliphatic heterocycles. The molecular weight excluding hydrogens is 340 g/mol. The van der Waals surface area contributed by atoms with Gasteiger partial charge in [0.15, 0.2) is 0 Å². The summed E-state index contributed by atoms with van der Waals surface area (Å²) in [7, 11) is 0. The van der Waals surface area contributed by atoms with Crippen LogP contribution in [0.5, 0.6) is 0 Å². The van der Waals surface area contributed by atoms with Crippen molar-refractivity contribution < 1.29 is 9.59 Å². The van der Waals surface area contributed by atoms with E-state index in [1.54, 1.807) is 6.20 Å². The van der Waals surface area contributed by atoms with Gasteiger partial charge in [0.1, 0.15) is 0 Å². The van der Waals surface area contributed by atoms with Crippen molar-refractivity contribution in [2.75, 3.05) is 39.3 Å². The quantitative estimate of drug-likeness (QED) is 0.795. The van der Waals surface area contributed by atoms with Gasteiger partial charge in [-0.3, -0.25) is 14.6 Å². The summed E-state index contributed by atoms with van der Waals surface area (Å²) >= 11 is 0. The summed E-state index contributed by atoms with van der Waals surface area (Å²) in [5.41, 5.74) is 0.969. The maximum Gasteiger partial charge on any atom is 0.228 e. The van der Waals surface area contributed by atoms with Crippen LogP contribution in [0.4, 0.5) is 0 Å². The Morgan fingerprint density at radius 2 is 2.00 bits per heavy atom. The van der Waals surface area contributed by atoms with Gasteiger partial charge in [-0.2, -0.15) is 0 Å². The van der Waals surface area contributed by atoms with E-state index < -0.39 is 0 Å². The first-order valence-electron chi connectivity index (χ1n) is 10.2.